The van der Waals surface area contributed by atoms with Crippen molar-refractivity contribution in [2.45, 2.75) is 6.92 Å². The van der Waals surface area contributed by atoms with E-state index in [0.717, 1.165) is 4.47 Å². The summed E-state index contributed by atoms with van der Waals surface area (Å²) in [5, 5.41) is 0. The summed E-state index contributed by atoms with van der Waals surface area (Å²) in [6.45, 7) is 3.73. The van der Waals surface area contributed by atoms with Crippen LogP contribution in [0, 0.1) is 0 Å². The second-order valence-corrected chi connectivity index (χ2v) is 4.63. The van der Waals surface area contributed by atoms with Gasteiger partial charge in [0.15, 0.2) is 0 Å². The molecular weight excluding hydrogens is 298 g/mol. The molecule has 0 saturated heterocycles. The Morgan fingerprint density at radius 1 is 1.44 bits per heavy atom. The molecule has 0 heterocycles. The fourth-order valence-corrected chi connectivity index (χ4v) is 2.01. The van der Waals surface area contributed by atoms with Crippen LogP contribution in [0.2, 0.25) is 0 Å². The lowest BCUT2D eigenvalue weighted by Crippen LogP contribution is -2.30. The van der Waals surface area contributed by atoms with Gasteiger partial charge in [0.2, 0.25) is 0 Å². The van der Waals surface area contributed by atoms with Crippen molar-refractivity contribution in [3.05, 3.63) is 28.2 Å². The average Bonchev–Trinajstić information content (AvgIpc) is 2.38. The van der Waals surface area contributed by atoms with Gasteiger partial charge in [-0.05, 0) is 41.1 Å². The Labute approximate surface area is 116 Å². The summed E-state index contributed by atoms with van der Waals surface area (Å²) in [6.07, 6.45) is 0. The van der Waals surface area contributed by atoms with Crippen molar-refractivity contribution in [1.82, 2.24) is 4.90 Å². The van der Waals surface area contributed by atoms with Gasteiger partial charge in [-0.3, -0.25) is 4.79 Å². The standard InChI is InChI=1S/C13H18BrNO3/c1-4-18-8-7-15(2)13(16)10-5-6-12(17-3)11(14)9-10/h5-6,9H,4,7-8H2,1-3H3. The van der Waals surface area contributed by atoms with Crippen molar-refractivity contribution in [1.29, 1.82) is 0 Å². The normalized spacial score (nSPS) is 10.2. The molecule has 0 aliphatic rings. The van der Waals surface area contributed by atoms with Gasteiger partial charge >= 0.3 is 0 Å². The third-order valence-electron chi connectivity index (χ3n) is 2.52. The minimum Gasteiger partial charge on any atom is -0.496 e. The molecule has 1 amide bonds. The smallest absolute Gasteiger partial charge is 0.253 e. The Morgan fingerprint density at radius 3 is 2.72 bits per heavy atom. The molecule has 0 aliphatic heterocycles. The molecule has 0 saturated carbocycles. The topological polar surface area (TPSA) is 38.8 Å². The average molecular weight is 316 g/mol. The van der Waals surface area contributed by atoms with Gasteiger partial charge in [0, 0.05) is 25.8 Å². The highest BCUT2D eigenvalue weighted by Gasteiger charge is 2.13. The molecule has 1 aromatic rings. The first-order valence-electron chi connectivity index (χ1n) is 5.77. The lowest BCUT2D eigenvalue weighted by molar-refractivity contribution is 0.0710. The quantitative estimate of drug-likeness (QED) is 0.757. The molecule has 18 heavy (non-hydrogen) atoms. The van der Waals surface area contributed by atoms with Crippen LogP contribution < -0.4 is 4.74 Å². The maximum atomic E-state index is 12.1. The van der Waals surface area contributed by atoms with E-state index in [0.29, 0.717) is 31.1 Å². The molecule has 0 radical (unpaired) electrons. The first-order chi connectivity index (χ1) is 8.60. The molecule has 0 bridgehead atoms. The van der Waals surface area contributed by atoms with Crippen LogP contribution >= 0.6 is 15.9 Å². The van der Waals surface area contributed by atoms with Crippen LogP contribution in [0.1, 0.15) is 17.3 Å². The van der Waals surface area contributed by atoms with E-state index in [2.05, 4.69) is 15.9 Å². The minimum absolute atomic E-state index is 0.0296. The van der Waals surface area contributed by atoms with Crippen molar-refractivity contribution in [2.75, 3.05) is 33.9 Å². The number of ether oxygens (including phenoxy) is 2. The van der Waals surface area contributed by atoms with Crippen molar-refractivity contribution in [3.63, 3.8) is 0 Å². The van der Waals surface area contributed by atoms with Crippen molar-refractivity contribution >= 4 is 21.8 Å². The van der Waals surface area contributed by atoms with E-state index in [4.69, 9.17) is 9.47 Å². The second kappa shape index (κ2) is 7.38. The summed E-state index contributed by atoms with van der Waals surface area (Å²) in [6, 6.07) is 5.29. The Kier molecular flexibility index (Phi) is 6.15. The van der Waals surface area contributed by atoms with Crippen LogP contribution in [-0.4, -0.2) is 44.7 Å². The number of carbonyl (C=O) groups excluding carboxylic acids is 1. The number of hydrogen-bond acceptors (Lipinski definition) is 3. The SMILES string of the molecule is CCOCCN(C)C(=O)c1ccc(OC)c(Br)c1. The van der Waals surface area contributed by atoms with E-state index in [1.165, 1.54) is 0 Å². The maximum absolute atomic E-state index is 12.1. The van der Waals surface area contributed by atoms with Crippen LogP contribution in [-0.2, 0) is 4.74 Å². The fourth-order valence-electron chi connectivity index (χ4n) is 1.47. The summed E-state index contributed by atoms with van der Waals surface area (Å²) < 4.78 is 11.1. The van der Waals surface area contributed by atoms with E-state index in [9.17, 15) is 4.79 Å². The Bertz CT molecular complexity index is 409. The highest BCUT2D eigenvalue weighted by Crippen LogP contribution is 2.25. The van der Waals surface area contributed by atoms with Crippen LogP contribution in [0.25, 0.3) is 0 Å². The summed E-state index contributed by atoms with van der Waals surface area (Å²) >= 11 is 3.37. The molecule has 0 aliphatic carbocycles. The van der Waals surface area contributed by atoms with Crippen LogP contribution in [0.3, 0.4) is 0 Å². The van der Waals surface area contributed by atoms with Gasteiger partial charge in [0.25, 0.3) is 5.91 Å². The number of rotatable bonds is 6. The number of halogens is 1. The van der Waals surface area contributed by atoms with Crippen LogP contribution in [0.4, 0.5) is 0 Å². The van der Waals surface area contributed by atoms with Gasteiger partial charge in [0.1, 0.15) is 5.75 Å². The van der Waals surface area contributed by atoms with Gasteiger partial charge in [-0.25, -0.2) is 0 Å². The lowest BCUT2D eigenvalue weighted by Gasteiger charge is -2.17. The van der Waals surface area contributed by atoms with Gasteiger partial charge in [0.05, 0.1) is 18.2 Å². The minimum atomic E-state index is -0.0296. The second-order valence-electron chi connectivity index (χ2n) is 3.77. The molecule has 100 valence electrons. The Morgan fingerprint density at radius 2 is 2.17 bits per heavy atom. The number of nitrogens with zero attached hydrogens (tertiary/aromatic N) is 1. The number of benzene rings is 1. The molecule has 0 spiro atoms. The van der Waals surface area contributed by atoms with E-state index >= 15 is 0 Å². The molecule has 1 aromatic carbocycles. The third kappa shape index (κ3) is 3.99. The maximum Gasteiger partial charge on any atom is 0.253 e. The van der Waals surface area contributed by atoms with Gasteiger partial charge in [-0.2, -0.15) is 0 Å². The fraction of sp³-hybridized carbons (Fsp3) is 0.462. The van der Waals surface area contributed by atoms with Gasteiger partial charge in [-0.15, -0.1) is 0 Å². The van der Waals surface area contributed by atoms with Crippen molar-refractivity contribution in [2.24, 2.45) is 0 Å². The third-order valence-corrected chi connectivity index (χ3v) is 3.14. The predicted octanol–water partition coefficient (Wildman–Crippen LogP) is 2.57. The monoisotopic (exact) mass is 315 g/mol. The molecule has 5 heteroatoms. The first kappa shape index (κ1) is 15.0. The first-order valence-corrected chi connectivity index (χ1v) is 6.56. The van der Waals surface area contributed by atoms with E-state index in [-0.39, 0.29) is 5.91 Å². The summed E-state index contributed by atoms with van der Waals surface area (Å²) in [4.78, 5) is 13.7. The molecule has 0 fully saturated rings. The zero-order valence-corrected chi connectivity index (χ0v) is 12.5. The van der Waals surface area contributed by atoms with Crippen LogP contribution in [0.5, 0.6) is 5.75 Å². The predicted molar refractivity (Wildman–Crippen MR) is 74.1 cm³/mol. The number of hydrogen-bond donors (Lipinski definition) is 0. The molecule has 0 aromatic heterocycles. The summed E-state index contributed by atoms with van der Waals surface area (Å²) in [7, 11) is 3.36. The zero-order valence-electron chi connectivity index (χ0n) is 10.9. The molecule has 0 N–H and O–H groups in total. The highest BCUT2D eigenvalue weighted by atomic mass is 79.9. The Balaban J connectivity index is 2.68. The molecular formula is C13H18BrNO3. The van der Waals surface area contributed by atoms with E-state index in [1.54, 1.807) is 37.3 Å². The van der Waals surface area contributed by atoms with Gasteiger partial charge in [-0.1, -0.05) is 0 Å². The number of amides is 1. The molecule has 4 nitrogen and oxygen atoms in total. The summed E-state index contributed by atoms with van der Waals surface area (Å²) in [5.74, 6) is 0.682. The van der Waals surface area contributed by atoms with Crippen LogP contribution in [0.15, 0.2) is 22.7 Å². The molecule has 1 rings (SSSR count). The van der Waals surface area contributed by atoms with Crippen molar-refractivity contribution in [3.8, 4) is 5.75 Å². The number of likely N-dealkylation sites (N-methyl/N-ethyl adjacent to an activating group) is 1. The number of methoxy groups -OCH3 is 1. The Hall–Kier alpha value is -1.07. The van der Waals surface area contributed by atoms with E-state index < -0.39 is 0 Å². The molecule has 0 atom stereocenters. The largest absolute Gasteiger partial charge is 0.496 e. The van der Waals surface area contributed by atoms with Gasteiger partial charge < -0.3 is 14.4 Å². The zero-order chi connectivity index (χ0) is 13.5. The lowest BCUT2D eigenvalue weighted by atomic mass is 10.2. The van der Waals surface area contributed by atoms with Crippen molar-refractivity contribution < 1.29 is 14.3 Å². The number of carbonyl (C=O) groups is 1. The van der Waals surface area contributed by atoms with E-state index in [1.807, 2.05) is 6.92 Å². The highest BCUT2D eigenvalue weighted by molar-refractivity contribution is 9.10. The summed E-state index contributed by atoms with van der Waals surface area (Å²) in [5.41, 5.74) is 0.627. The molecule has 0 unspecified atom stereocenters.